The number of hydrogen-bond donors (Lipinski definition) is 1. The van der Waals surface area contributed by atoms with Crippen LogP contribution in [0.25, 0.3) is 0 Å². The Morgan fingerprint density at radius 2 is 1.57 bits per heavy atom. The molecule has 9 heteroatoms. The number of hydrazine groups is 1. The van der Waals surface area contributed by atoms with Crippen molar-refractivity contribution in [1.82, 2.24) is 0 Å². The van der Waals surface area contributed by atoms with Gasteiger partial charge in [-0.15, -0.1) is 5.12 Å². The first-order chi connectivity index (χ1) is 13.1. The Hall–Kier alpha value is -2.69. The predicted octanol–water partition coefficient (Wildman–Crippen LogP) is 0.285. The highest BCUT2D eigenvalue weighted by atomic mass is 127. The van der Waals surface area contributed by atoms with Crippen molar-refractivity contribution < 1.29 is 22.8 Å². The second-order valence-electron chi connectivity index (χ2n) is 5.84. The quantitative estimate of drug-likeness (QED) is 0.238. The van der Waals surface area contributed by atoms with Gasteiger partial charge in [0.05, 0.1) is 16.2 Å². The topological polar surface area (TPSA) is 78.6 Å². The number of nitro benzene ring substituents is 1. The Morgan fingerprint density at radius 1 is 0.929 bits per heavy atom. The Morgan fingerprint density at radius 3 is 2.25 bits per heavy atom. The normalized spacial score (nSPS) is 13.1. The van der Waals surface area contributed by atoms with Gasteiger partial charge in [-0.3, -0.25) is 10.1 Å². The first-order valence-corrected chi connectivity index (χ1v) is 9.28. The number of hydrogen-bond acceptors (Lipinski definition) is 5. The van der Waals surface area contributed by atoms with Gasteiger partial charge in [-0.2, -0.15) is 5.43 Å². The van der Waals surface area contributed by atoms with E-state index in [4.69, 9.17) is 5.10 Å². The summed E-state index contributed by atoms with van der Waals surface area (Å²) in [5, 5.41) is 19.6. The van der Waals surface area contributed by atoms with Crippen molar-refractivity contribution in [1.29, 1.82) is 0 Å². The second-order valence-corrected chi connectivity index (χ2v) is 7.08. The molecule has 1 aliphatic heterocycles. The fourth-order valence-electron chi connectivity index (χ4n) is 2.83. The molecular weight excluding hydrogens is 493 g/mol. The van der Waals surface area contributed by atoms with E-state index in [1.54, 1.807) is 28.4 Å². The molecule has 1 aliphatic rings. The van der Waals surface area contributed by atoms with Crippen molar-refractivity contribution in [2.45, 2.75) is 0 Å². The lowest BCUT2D eigenvalue weighted by Gasteiger charge is -2.23. The molecule has 7 nitrogen and oxygen atoms in total. The van der Waals surface area contributed by atoms with Gasteiger partial charge in [0.2, 0.25) is 0 Å². The summed E-state index contributed by atoms with van der Waals surface area (Å²) in [6, 6.07) is 24.2. The Kier molecular flexibility index (Phi) is 6.12. The van der Waals surface area contributed by atoms with Crippen LogP contribution >= 0.6 is 22.6 Å². The van der Waals surface area contributed by atoms with Gasteiger partial charge in [-0.1, -0.05) is 40.6 Å². The smallest absolute Gasteiger partial charge is 0.300 e. The number of nitrogens with two attached hydrogens (primary N) is 1. The van der Waals surface area contributed by atoms with E-state index < -0.39 is 0 Å². The summed E-state index contributed by atoms with van der Waals surface area (Å²) in [5.41, 5.74) is 4.05. The number of hydrazone groups is 1. The molecule has 0 fully saturated rings. The average molecular weight is 508 g/mol. The van der Waals surface area contributed by atoms with E-state index in [0.717, 1.165) is 20.7 Å². The van der Waals surface area contributed by atoms with Crippen molar-refractivity contribution in [3.8, 4) is 0 Å². The van der Waals surface area contributed by atoms with Crippen LogP contribution in [0.2, 0.25) is 0 Å². The molecule has 0 bridgehead atoms. The molecule has 0 atom stereocenters. The van der Waals surface area contributed by atoms with Crippen molar-refractivity contribution in [3.63, 3.8) is 0 Å². The third-order valence-electron chi connectivity index (χ3n) is 4.10. The second kappa shape index (κ2) is 8.55. The largest absolute Gasteiger partial charge is 1.00 e. The van der Waals surface area contributed by atoms with Crippen LogP contribution in [0.4, 0.5) is 17.1 Å². The molecule has 0 aliphatic carbocycles. The van der Waals surface area contributed by atoms with Crippen LogP contribution in [0.3, 0.4) is 0 Å². The Labute approximate surface area is 181 Å². The Bertz CT molecular complexity index is 1010. The number of halogens is 2. The lowest BCUT2D eigenvalue weighted by molar-refractivity contribution is -0.546. The maximum absolute atomic E-state index is 11.5. The summed E-state index contributed by atoms with van der Waals surface area (Å²) in [7, 11) is 0. The van der Waals surface area contributed by atoms with Crippen LogP contribution in [-0.2, 0) is 0 Å². The molecule has 3 aromatic rings. The van der Waals surface area contributed by atoms with E-state index in [2.05, 4.69) is 22.6 Å². The first-order valence-electron chi connectivity index (χ1n) is 8.20. The third-order valence-corrected chi connectivity index (χ3v) is 4.82. The predicted molar refractivity (Wildman–Crippen MR) is 112 cm³/mol. The van der Waals surface area contributed by atoms with Crippen LogP contribution in [-0.4, -0.2) is 10.8 Å². The van der Waals surface area contributed by atoms with Crippen LogP contribution in [0, 0.1) is 13.7 Å². The van der Waals surface area contributed by atoms with Gasteiger partial charge in [-0.05, 0) is 65.1 Å². The summed E-state index contributed by atoms with van der Waals surface area (Å²) in [5.74, 6) is 0.729. The van der Waals surface area contributed by atoms with Crippen LogP contribution in [0.5, 0.6) is 0 Å². The van der Waals surface area contributed by atoms with Crippen LogP contribution in [0.1, 0.15) is 5.56 Å². The average Bonchev–Trinajstić information content (AvgIpc) is 3.14. The minimum atomic E-state index is -0.379. The van der Waals surface area contributed by atoms with Gasteiger partial charge in [0.25, 0.3) is 11.5 Å². The number of nitro groups is 1. The maximum Gasteiger partial charge on any atom is 0.300 e. The molecule has 0 saturated heterocycles. The first kappa shape index (κ1) is 20.1. The summed E-state index contributed by atoms with van der Waals surface area (Å²) < 4.78 is 1.10. The zero-order valence-electron chi connectivity index (χ0n) is 14.4. The molecule has 0 spiro atoms. The molecule has 0 aromatic heterocycles. The van der Waals surface area contributed by atoms with Gasteiger partial charge in [-0.25, -0.2) is 0 Å². The maximum atomic E-state index is 11.5. The highest BCUT2D eigenvalue weighted by Crippen LogP contribution is 2.30. The van der Waals surface area contributed by atoms with Crippen molar-refractivity contribution in [2.24, 2.45) is 5.10 Å². The molecular formula is C19H15ClIN5O2. The number of benzene rings is 3. The monoisotopic (exact) mass is 507 g/mol. The lowest BCUT2D eigenvalue weighted by atomic mass is 10.2. The van der Waals surface area contributed by atoms with Gasteiger partial charge in [0.1, 0.15) is 0 Å². The number of rotatable bonds is 4. The van der Waals surface area contributed by atoms with Gasteiger partial charge in [0, 0.05) is 9.64 Å². The molecule has 2 N–H and O–H groups in total. The molecule has 0 radical (unpaired) electrons. The summed E-state index contributed by atoms with van der Waals surface area (Å²) >= 11 is 2.24. The fraction of sp³-hybridized carbons (Fsp3) is 0. The highest BCUT2D eigenvalue weighted by Gasteiger charge is 2.35. The molecule has 28 heavy (non-hydrogen) atoms. The molecule has 4 rings (SSSR count). The van der Waals surface area contributed by atoms with E-state index in [1.807, 2.05) is 60.0 Å². The molecule has 3 aromatic carbocycles. The number of amidine groups is 1. The van der Waals surface area contributed by atoms with Crippen LogP contribution in [0.15, 0.2) is 84.0 Å². The fourth-order valence-corrected chi connectivity index (χ4v) is 3.19. The summed E-state index contributed by atoms with van der Waals surface area (Å²) in [6.45, 7) is 0. The van der Waals surface area contributed by atoms with E-state index in [9.17, 15) is 10.1 Å². The van der Waals surface area contributed by atoms with E-state index in [1.165, 1.54) is 6.07 Å². The molecule has 1 heterocycles. The van der Waals surface area contributed by atoms with Gasteiger partial charge in [0.15, 0.2) is 5.69 Å². The highest BCUT2D eigenvalue weighted by molar-refractivity contribution is 14.1. The van der Waals surface area contributed by atoms with Crippen LogP contribution < -0.4 is 28.1 Å². The molecule has 0 unspecified atom stereocenters. The van der Waals surface area contributed by atoms with E-state index in [-0.39, 0.29) is 23.0 Å². The van der Waals surface area contributed by atoms with Gasteiger partial charge >= 0.3 is 0 Å². The number of quaternary nitrogens is 1. The van der Waals surface area contributed by atoms with Gasteiger partial charge < -0.3 is 12.4 Å². The standard InChI is InChI=1S/C19H14IN5O2.ClH/c20-15-10-12-16(13-11-15)23-21-19(14-6-2-1-3-7-14)22-24(23)17-8-4-5-9-18(17)25(26)27;/h1-13H,(H,21,22);1H. The molecule has 0 saturated carbocycles. The van der Waals surface area contributed by atoms with Crippen molar-refractivity contribution >= 4 is 45.5 Å². The van der Waals surface area contributed by atoms with Crippen molar-refractivity contribution in [3.05, 3.63) is 98.1 Å². The minimum absolute atomic E-state index is 0. The minimum Gasteiger partial charge on any atom is -1.00 e. The van der Waals surface area contributed by atoms with E-state index >= 15 is 0 Å². The van der Waals surface area contributed by atoms with Crippen molar-refractivity contribution in [2.75, 3.05) is 10.2 Å². The number of anilines is 2. The Balaban J connectivity index is 0.00000225. The third kappa shape index (κ3) is 3.93. The number of nitrogens with zero attached hydrogens (tertiary/aromatic N) is 4. The zero-order valence-corrected chi connectivity index (χ0v) is 17.4. The zero-order chi connectivity index (χ0) is 18.8. The molecule has 142 valence electrons. The SMILES string of the molecule is O=[N+]([O-])c1ccccc1N1[NH2+]C(c2ccccc2)=NN1c1ccc(I)cc1.[Cl-]. The summed E-state index contributed by atoms with van der Waals surface area (Å²) in [4.78, 5) is 11.1. The lowest BCUT2D eigenvalue weighted by Crippen LogP contribution is -3.00. The summed E-state index contributed by atoms with van der Waals surface area (Å²) in [6.07, 6.45) is 0. The number of para-hydroxylation sites is 2. The van der Waals surface area contributed by atoms with E-state index in [0.29, 0.717) is 5.69 Å². The molecule has 0 amide bonds.